The van der Waals surface area contributed by atoms with E-state index in [9.17, 15) is 4.79 Å². The molecule has 0 aliphatic heterocycles. The van der Waals surface area contributed by atoms with Crippen LogP contribution in [0.15, 0.2) is 23.3 Å². The lowest BCUT2D eigenvalue weighted by atomic mass is 9.52. The highest BCUT2D eigenvalue weighted by Gasteiger charge is 2.59. The molecule has 4 rings (SSSR count). The lowest BCUT2D eigenvalue weighted by Gasteiger charge is -2.52. The first-order valence-corrected chi connectivity index (χ1v) is 8.55. The van der Waals surface area contributed by atoms with Gasteiger partial charge in [0, 0.05) is 17.8 Å². The lowest BCUT2D eigenvalue weighted by Crippen LogP contribution is -2.51. The van der Waals surface area contributed by atoms with Crippen molar-refractivity contribution in [2.24, 2.45) is 29.1 Å². The number of carbonyl (C=O) groups is 1. The molecule has 0 radical (unpaired) electrons. The fraction of sp³-hybridized carbons (Fsp3) is 0.737. The summed E-state index contributed by atoms with van der Waals surface area (Å²) in [6.45, 7) is 4.23. The first kappa shape index (κ1) is 13.7. The van der Waals surface area contributed by atoms with Crippen LogP contribution in [0, 0.1) is 29.1 Å². The monoisotopic (exact) mass is 288 g/mol. The third kappa shape index (κ3) is 1.83. The Hall–Kier alpha value is -0.920. The van der Waals surface area contributed by atoms with E-state index in [4.69, 9.17) is 0 Å². The Morgan fingerprint density at radius 3 is 2.90 bits per heavy atom. The molecule has 4 aliphatic rings. The molecule has 0 aromatic rings. The molecule has 21 heavy (non-hydrogen) atoms. The van der Waals surface area contributed by atoms with E-state index >= 15 is 4.39 Å². The van der Waals surface area contributed by atoms with Crippen LogP contribution < -0.4 is 0 Å². The molecule has 0 spiro atoms. The van der Waals surface area contributed by atoms with Crippen molar-refractivity contribution in [3.63, 3.8) is 0 Å². The van der Waals surface area contributed by atoms with Crippen LogP contribution in [0.4, 0.5) is 4.39 Å². The van der Waals surface area contributed by atoms with Crippen molar-refractivity contribution in [2.75, 3.05) is 0 Å². The lowest BCUT2D eigenvalue weighted by molar-refractivity contribution is -0.134. The summed E-state index contributed by atoms with van der Waals surface area (Å²) in [5.41, 5.74) is 2.45. The molecule has 1 nitrogen and oxygen atoms in total. The predicted molar refractivity (Wildman–Crippen MR) is 81.5 cm³/mol. The maximum absolute atomic E-state index is 15.0. The quantitative estimate of drug-likeness (QED) is 0.635. The number of fused-ring (bicyclic) bond motifs is 5. The van der Waals surface area contributed by atoms with E-state index in [1.807, 2.05) is 6.92 Å². The highest BCUT2D eigenvalue weighted by Crippen LogP contribution is 2.60. The number of halogens is 1. The van der Waals surface area contributed by atoms with E-state index < -0.39 is 6.17 Å². The number of Topliss-reactive ketones (excluding diaryl/α,β-unsaturated/α-hetero) is 1. The van der Waals surface area contributed by atoms with E-state index in [0.29, 0.717) is 36.4 Å². The van der Waals surface area contributed by atoms with Crippen molar-refractivity contribution in [1.29, 1.82) is 0 Å². The van der Waals surface area contributed by atoms with Gasteiger partial charge in [0.05, 0.1) is 0 Å². The van der Waals surface area contributed by atoms with Gasteiger partial charge in [0.25, 0.3) is 0 Å². The zero-order chi connectivity index (χ0) is 14.8. The van der Waals surface area contributed by atoms with Crippen molar-refractivity contribution in [3.8, 4) is 0 Å². The van der Waals surface area contributed by atoms with E-state index in [0.717, 1.165) is 25.7 Å². The maximum Gasteiger partial charge on any atom is 0.139 e. The van der Waals surface area contributed by atoms with Gasteiger partial charge in [-0.1, -0.05) is 24.6 Å². The average molecular weight is 288 g/mol. The molecule has 114 valence electrons. The Morgan fingerprint density at radius 2 is 2.10 bits per heavy atom. The summed E-state index contributed by atoms with van der Waals surface area (Å²) in [6, 6.07) is 0. The van der Waals surface area contributed by atoms with Crippen LogP contribution in [-0.2, 0) is 4.79 Å². The van der Waals surface area contributed by atoms with Crippen molar-refractivity contribution in [2.45, 2.75) is 58.5 Å². The number of hydrogen-bond acceptors (Lipinski definition) is 1. The highest BCUT2D eigenvalue weighted by molar-refractivity contribution is 5.87. The number of hydrogen-bond donors (Lipinski definition) is 0. The zero-order valence-electron chi connectivity index (χ0n) is 13.1. The average Bonchev–Trinajstić information content (AvgIpc) is 2.74. The Bertz CT molecular complexity index is 546. The van der Waals surface area contributed by atoms with Gasteiger partial charge in [-0.05, 0) is 62.4 Å². The smallest absolute Gasteiger partial charge is 0.139 e. The Balaban J connectivity index is 1.72. The summed E-state index contributed by atoms with van der Waals surface area (Å²) in [5.74, 6) is 1.71. The van der Waals surface area contributed by atoms with Crippen LogP contribution in [0.2, 0.25) is 0 Å². The second-order valence-corrected chi connectivity index (χ2v) is 8.02. The van der Waals surface area contributed by atoms with Crippen LogP contribution in [-0.4, -0.2) is 12.0 Å². The van der Waals surface area contributed by atoms with Crippen LogP contribution >= 0.6 is 0 Å². The second kappa shape index (κ2) is 4.54. The Labute approximate surface area is 126 Å². The van der Waals surface area contributed by atoms with Gasteiger partial charge in [-0.15, -0.1) is 0 Å². The number of rotatable bonds is 0. The summed E-state index contributed by atoms with van der Waals surface area (Å²) >= 11 is 0. The largest absolute Gasteiger partial charge is 0.299 e. The second-order valence-electron chi connectivity index (χ2n) is 8.02. The van der Waals surface area contributed by atoms with E-state index in [-0.39, 0.29) is 11.3 Å². The number of alkyl halides is 1. The fourth-order valence-electron chi connectivity index (χ4n) is 5.91. The van der Waals surface area contributed by atoms with Gasteiger partial charge in [-0.25, -0.2) is 4.39 Å². The fourth-order valence-corrected chi connectivity index (χ4v) is 5.91. The molecule has 6 atom stereocenters. The first-order chi connectivity index (χ1) is 10.0. The molecular weight excluding hydrogens is 263 g/mol. The van der Waals surface area contributed by atoms with Crippen molar-refractivity contribution >= 4 is 5.78 Å². The highest BCUT2D eigenvalue weighted by atomic mass is 19.1. The molecule has 0 aromatic carbocycles. The summed E-state index contributed by atoms with van der Waals surface area (Å²) in [4.78, 5) is 12.3. The van der Waals surface area contributed by atoms with Crippen LogP contribution in [0.5, 0.6) is 0 Å². The molecule has 0 aromatic heterocycles. The molecule has 0 saturated heterocycles. The SMILES string of the molecule is CC1=CC2=CCC3C(C2CC1)[C@@H](F)C[C@]1(C)C(=O)CCC31. The van der Waals surface area contributed by atoms with E-state index in [2.05, 4.69) is 19.1 Å². The molecular formula is C19H25FO. The van der Waals surface area contributed by atoms with Crippen LogP contribution in [0.25, 0.3) is 0 Å². The van der Waals surface area contributed by atoms with E-state index in [1.165, 1.54) is 11.1 Å². The minimum atomic E-state index is -0.793. The van der Waals surface area contributed by atoms with Crippen LogP contribution in [0.3, 0.4) is 0 Å². The van der Waals surface area contributed by atoms with Crippen molar-refractivity contribution < 1.29 is 9.18 Å². The Kier molecular flexibility index (Phi) is 2.96. The van der Waals surface area contributed by atoms with Gasteiger partial charge in [-0.2, -0.15) is 0 Å². The van der Waals surface area contributed by atoms with E-state index in [1.54, 1.807) is 0 Å². The van der Waals surface area contributed by atoms with Gasteiger partial charge in [0.15, 0.2) is 0 Å². The first-order valence-electron chi connectivity index (χ1n) is 8.55. The normalized spacial score (nSPS) is 48.9. The predicted octanol–water partition coefficient (Wildman–Crippen LogP) is 4.63. The molecule has 0 N–H and O–H groups in total. The zero-order valence-corrected chi connectivity index (χ0v) is 13.1. The van der Waals surface area contributed by atoms with Crippen molar-refractivity contribution in [1.82, 2.24) is 0 Å². The topological polar surface area (TPSA) is 17.1 Å². The van der Waals surface area contributed by atoms with Gasteiger partial charge >= 0.3 is 0 Å². The molecule has 0 heterocycles. The maximum atomic E-state index is 15.0. The molecule has 2 heteroatoms. The molecule has 4 unspecified atom stereocenters. The third-order valence-electron chi connectivity index (χ3n) is 6.97. The number of allylic oxidation sites excluding steroid dienone is 4. The number of carbonyl (C=O) groups excluding carboxylic acids is 1. The molecule has 4 aliphatic carbocycles. The molecule has 0 amide bonds. The standard InChI is InChI=1S/C19H25FO/c1-11-3-5-13-12(9-11)4-6-14-15-7-8-17(21)19(15,2)10-16(20)18(13)14/h4,9,13-16,18H,3,5-8,10H2,1-2H3/t13?,14?,15?,16-,18?,19-/m0/s1. The van der Waals surface area contributed by atoms with Gasteiger partial charge in [0.1, 0.15) is 12.0 Å². The van der Waals surface area contributed by atoms with Crippen molar-refractivity contribution in [3.05, 3.63) is 23.3 Å². The van der Waals surface area contributed by atoms with Gasteiger partial charge in [0.2, 0.25) is 0 Å². The molecule has 0 bridgehead atoms. The van der Waals surface area contributed by atoms with Crippen LogP contribution in [0.1, 0.15) is 52.4 Å². The summed E-state index contributed by atoms with van der Waals surface area (Å²) < 4.78 is 15.0. The number of ketones is 1. The van der Waals surface area contributed by atoms with Gasteiger partial charge in [-0.3, -0.25) is 4.79 Å². The minimum absolute atomic E-state index is 0.165. The molecule has 2 saturated carbocycles. The Morgan fingerprint density at radius 1 is 1.29 bits per heavy atom. The summed E-state index contributed by atoms with van der Waals surface area (Å²) in [6.07, 6.45) is 9.20. The summed E-state index contributed by atoms with van der Waals surface area (Å²) in [7, 11) is 0. The molecule has 2 fully saturated rings. The summed E-state index contributed by atoms with van der Waals surface area (Å²) in [5, 5.41) is 0. The van der Waals surface area contributed by atoms with Gasteiger partial charge < -0.3 is 0 Å². The third-order valence-corrected chi connectivity index (χ3v) is 6.97. The minimum Gasteiger partial charge on any atom is -0.299 e.